The molecule has 0 aromatic heterocycles. The summed E-state index contributed by atoms with van der Waals surface area (Å²) in [7, 11) is 3.02. The summed E-state index contributed by atoms with van der Waals surface area (Å²) in [5.41, 5.74) is 1.27. The van der Waals surface area contributed by atoms with Gasteiger partial charge in [-0.3, -0.25) is 9.59 Å². The van der Waals surface area contributed by atoms with Crippen LogP contribution in [0.4, 0.5) is 0 Å². The van der Waals surface area contributed by atoms with Crippen molar-refractivity contribution in [1.29, 1.82) is 0 Å². The van der Waals surface area contributed by atoms with Gasteiger partial charge in [-0.15, -0.1) is 0 Å². The molecule has 2 rings (SSSR count). The van der Waals surface area contributed by atoms with E-state index in [9.17, 15) is 9.59 Å². The number of benzene rings is 2. The van der Waals surface area contributed by atoms with Crippen LogP contribution in [0, 0.1) is 5.92 Å². The van der Waals surface area contributed by atoms with Gasteiger partial charge in [0, 0.05) is 23.2 Å². The Morgan fingerprint density at radius 1 is 1.00 bits per heavy atom. The molecule has 6 nitrogen and oxygen atoms in total. The molecule has 0 saturated carbocycles. The molecule has 0 unspecified atom stereocenters. The minimum atomic E-state index is -0.683. The van der Waals surface area contributed by atoms with Crippen LogP contribution in [0.3, 0.4) is 0 Å². The maximum Gasteiger partial charge on any atom is 0.252 e. The minimum absolute atomic E-state index is 0.0957. The van der Waals surface area contributed by atoms with Crippen molar-refractivity contribution >= 4 is 23.4 Å². The summed E-state index contributed by atoms with van der Waals surface area (Å²) >= 11 is 5.87. The van der Waals surface area contributed by atoms with Crippen LogP contribution in [0.25, 0.3) is 0 Å². The van der Waals surface area contributed by atoms with Gasteiger partial charge in [0.2, 0.25) is 5.91 Å². The predicted octanol–water partition coefficient (Wildman–Crippen LogP) is 3.43. The molecule has 0 heterocycles. The largest absolute Gasteiger partial charge is 0.497 e. The van der Waals surface area contributed by atoms with Crippen LogP contribution >= 0.6 is 11.6 Å². The van der Waals surface area contributed by atoms with Crippen LogP contribution in [0.2, 0.25) is 5.02 Å². The van der Waals surface area contributed by atoms with E-state index in [-0.39, 0.29) is 17.7 Å². The van der Waals surface area contributed by atoms with Gasteiger partial charge in [0.1, 0.15) is 17.5 Å². The molecular weight excluding hydrogens is 380 g/mol. The Labute approximate surface area is 170 Å². The third kappa shape index (κ3) is 5.89. The first-order chi connectivity index (χ1) is 13.3. The molecule has 0 fully saturated rings. The molecule has 0 aliphatic carbocycles. The molecule has 150 valence electrons. The molecule has 2 amide bonds. The smallest absolute Gasteiger partial charge is 0.252 e. The summed E-state index contributed by atoms with van der Waals surface area (Å²) < 4.78 is 10.4. The molecule has 1 atom stereocenters. The lowest BCUT2D eigenvalue weighted by Gasteiger charge is -2.22. The summed E-state index contributed by atoms with van der Waals surface area (Å²) in [6.07, 6.45) is 0. The first-order valence-corrected chi connectivity index (χ1v) is 9.28. The standard InChI is InChI=1S/C21H25ClN2O4/c1-13(2)19(21(26)23-12-14-5-7-16(22)8-6-14)24-20(25)15-9-17(27-3)11-18(10-15)28-4/h5-11,13,19H,12H2,1-4H3,(H,23,26)(H,24,25)/t19-/m0/s1. The molecule has 2 aromatic carbocycles. The fraction of sp³-hybridized carbons (Fsp3) is 0.333. The van der Waals surface area contributed by atoms with Gasteiger partial charge in [-0.2, -0.15) is 0 Å². The SMILES string of the molecule is COc1cc(OC)cc(C(=O)N[C@H](C(=O)NCc2ccc(Cl)cc2)C(C)C)c1. The summed E-state index contributed by atoms with van der Waals surface area (Å²) in [5, 5.41) is 6.29. The average molecular weight is 405 g/mol. The second-order valence-corrected chi connectivity index (χ2v) is 7.08. The molecule has 0 aliphatic heterocycles. The van der Waals surface area contributed by atoms with Gasteiger partial charge in [-0.05, 0) is 35.7 Å². The van der Waals surface area contributed by atoms with Crippen molar-refractivity contribution < 1.29 is 19.1 Å². The van der Waals surface area contributed by atoms with Crippen molar-refractivity contribution in [2.45, 2.75) is 26.4 Å². The number of ether oxygens (including phenoxy) is 2. The van der Waals surface area contributed by atoms with E-state index in [0.29, 0.717) is 28.6 Å². The molecule has 0 radical (unpaired) electrons. The Morgan fingerprint density at radius 2 is 1.57 bits per heavy atom. The average Bonchev–Trinajstić information content (AvgIpc) is 2.70. The number of carbonyl (C=O) groups excluding carboxylic acids is 2. The fourth-order valence-corrected chi connectivity index (χ4v) is 2.73. The first-order valence-electron chi connectivity index (χ1n) is 8.90. The zero-order chi connectivity index (χ0) is 20.7. The first kappa shape index (κ1) is 21.6. The Balaban J connectivity index is 2.07. The molecule has 0 saturated heterocycles. The molecule has 2 aromatic rings. The molecule has 7 heteroatoms. The molecule has 2 N–H and O–H groups in total. The number of amides is 2. The number of hydrogen-bond donors (Lipinski definition) is 2. The topological polar surface area (TPSA) is 76.7 Å². The summed E-state index contributed by atoms with van der Waals surface area (Å²) in [6, 6.07) is 11.4. The van der Waals surface area contributed by atoms with E-state index in [1.807, 2.05) is 26.0 Å². The molecule has 28 heavy (non-hydrogen) atoms. The number of methoxy groups -OCH3 is 2. The quantitative estimate of drug-likeness (QED) is 0.706. The number of hydrogen-bond acceptors (Lipinski definition) is 4. The van der Waals surface area contributed by atoms with Crippen molar-refractivity contribution in [3.63, 3.8) is 0 Å². The van der Waals surface area contributed by atoms with Gasteiger partial charge in [0.15, 0.2) is 0 Å². The number of halogens is 1. The van der Waals surface area contributed by atoms with E-state index in [1.54, 1.807) is 30.3 Å². The van der Waals surface area contributed by atoms with E-state index in [0.717, 1.165) is 5.56 Å². The number of rotatable bonds is 8. The zero-order valence-electron chi connectivity index (χ0n) is 16.4. The maximum absolute atomic E-state index is 12.7. The number of nitrogens with one attached hydrogen (secondary N) is 2. The lowest BCUT2D eigenvalue weighted by atomic mass is 10.0. The van der Waals surface area contributed by atoms with Crippen molar-refractivity contribution in [3.8, 4) is 11.5 Å². The van der Waals surface area contributed by atoms with Crippen molar-refractivity contribution in [1.82, 2.24) is 10.6 Å². The van der Waals surface area contributed by atoms with E-state index >= 15 is 0 Å². The molecule has 0 bridgehead atoms. The van der Waals surface area contributed by atoms with Crippen molar-refractivity contribution in [2.24, 2.45) is 5.92 Å². The third-order valence-corrected chi connectivity index (χ3v) is 4.48. The highest BCUT2D eigenvalue weighted by Gasteiger charge is 2.25. The van der Waals surface area contributed by atoms with E-state index in [2.05, 4.69) is 10.6 Å². The van der Waals surface area contributed by atoms with Crippen molar-refractivity contribution in [3.05, 3.63) is 58.6 Å². The summed E-state index contributed by atoms with van der Waals surface area (Å²) in [4.78, 5) is 25.3. The fourth-order valence-electron chi connectivity index (χ4n) is 2.60. The normalized spacial score (nSPS) is 11.6. The summed E-state index contributed by atoms with van der Waals surface area (Å²) in [5.74, 6) is 0.267. The van der Waals surface area contributed by atoms with E-state index in [4.69, 9.17) is 21.1 Å². The van der Waals surface area contributed by atoms with Crippen LogP contribution in [0.15, 0.2) is 42.5 Å². The molecule has 0 spiro atoms. The Hall–Kier alpha value is -2.73. The summed E-state index contributed by atoms with van der Waals surface area (Å²) in [6.45, 7) is 4.10. The van der Waals surface area contributed by atoms with Gasteiger partial charge >= 0.3 is 0 Å². The predicted molar refractivity (Wildman–Crippen MR) is 109 cm³/mol. The zero-order valence-corrected chi connectivity index (χ0v) is 17.2. The second-order valence-electron chi connectivity index (χ2n) is 6.64. The Bertz CT molecular complexity index is 799. The highest BCUT2D eigenvalue weighted by atomic mass is 35.5. The maximum atomic E-state index is 12.7. The molecule has 0 aliphatic rings. The second kappa shape index (κ2) is 9.99. The van der Waals surface area contributed by atoms with Crippen LogP contribution in [0.5, 0.6) is 11.5 Å². The van der Waals surface area contributed by atoms with Gasteiger partial charge < -0.3 is 20.1 Å². The van der Waals surface area contributed by atoms with E-state index < -0.39 is 6.04 Å². The van der Waals surface area contributed by atoms with Crippen molar-refractivity contribution in [2.75, 3.05) is 14.2 Å². The number of carbonyl (C=O) groups is 2. The Kier molecular flexibility index (Phi) is 7.70. The highest BCUT2D eigenvalue weighted by Crippen LogP contribution is 2.22. The van der Waals surface area contributed by atoms with Crippen LogP contribution in [-0.2, 0) is 11.3 Å². The third-order valence-electron chi connectivity index (χ3n) is 4.23. The monoisotopic (exact) mass is 404 g/mol. The van der Waals surface area contributed by atoms with Gasteiger partial charge in [0.05, 0.1) is 14.2 Å². The van der Waals surface area contributed by atoms with Crippen LogP contribution < -0.4 is 20.1 Å². The van der Waals surface area contributed by atoms with Crippen LogP contribution in [-0.4, -0.2) is 32.1 Å². The van der Waals surface area contributed by atoms with Gasteiger partial charge in [0.25, 0.3) is 5.91 Å². The lowest BCUT2D eigenvalue weighted by molar-refractivity contribution is -0.124. The van der Waals surface area contributed by atoms with Gasteiger partial charge in [-0.25, -0.2) is 0 Å². The van der Waals surface area contributed by atoms with Crippen LogP contribution in [0.1, 0.15) is 29.8 Å². The molecular formula is C21H25ClN2O4. The van der Waals surface area contributed by atoms with Gasteiger partial charge in [-0.1, -0.05) is 37.6 Å². The van der Waals surface area contributed by atoms with E-state index in [1.165, 1.54) is 14.2 Å². The lowest BCUT2D eigenvalue weighted by Crippen LogP contribution is -2.49. The Morgan fingerprint density at radius 3 is 2.07 bits per heavy atom. The minimum Gasteiger partial charge on any atom is -0.497 e. The highest BCUT2D eigenvalue weighted by molar-refractivity contribution is 6.30.